The van der Waals surface area contributed by atoms with Crippen molar-refractivity contribution in [2.24, 2.45) is 0 Å². The first-order chi connectivity index (χ1) is 7.65. The summed E-state index contributed by atoms with van der Waals surface area (Å²) in [6.45, 7) is 5.61. The van der Waals surface area contributed by atoms with Crippen molar-refractivity contribution in [2.45, 2.75) is 19.6 Å². The summed E-state index contributed by atoms with van der Waals surface area (Å²) in [5.74, 6) is -9.56. The molecule has 0 heterocycles. The van der Waals surface area contributed by atoms with Gasteiger partial charge in [-0.05, 0) is 0 Å². The highest BCUT2D eigenvalue weighted by atomic mass is 28.3. The first-order valence-electron chi connectivity index (χ1n) is 4.86. The van der Waals surface area contributed by atoms with Crippen LogP contribution < -0.4 is 0 Å². The molecular formula is C11H11F5Si. The molecule has 0 unspecified atom stereocenters. The molecule has 0 radical (unpaired) electrons. The zero-order chi connectivity index (χ0) is 13.4. The van der Waals surface area contributed by atoms with Crippen LogP contribution in [0.1, 0.15) is 5.56 Å². The van der Waals surface area contributed by atoms with Crippen LogP contribution in [0.2, 0.25) is 19.6 Å². The van der Waals surface area contributed by atoms with E-state index in [9.17, 15) is 22.0 Å². The summed E-state index contributed by atoms with van der Waals surface area (Å²) < 4.78 is 64.8. The topological polar surface area (TPSA) is 0 Å². The molecule has 6 heteroatoms. The highest BCUT2D eigenvalue weighted by Gasteiger charge is 2.24. The van der Waals surface area contributed by atoms with Gasteiger partial charge in [0.2, 0.25) is 5.82 Å². The van der Waals surface area contributed by atoms with E-state index in [0.29, 0.717) is 0 Å². The lowest BCUT2D eigenvalue weighted by Gasteiger charge is -2.09. The Morgan fingerprint density at radius 1 is 0.706 bits per heavy atom. The van der Waals surface area contributed by atoms with E-state index < -0.39 is 42.7 Å². The predicted octanol–water partition coefficient (Wildman–Crippen LogP) is 4.27. The van der Waals surface area contributed by atoms with E-state index in [1.54, 1.807) is 0 Å². The van der Waals surface area contributed by atoms with Gasteiger partial charge in [0.15, 0.2) is 23.3 Å². The highest BCUT2D eigenvalue weighted by Crippen LogP contribution is 2.24. The Morgan fingerprint density at radius 2 is 1.06 bits per heavy atom. The molecule has 0 amide bonds. The molecule has 94 valence electrons. The molecule has 0 fully saturated rings. The average Bonchev–Trinajstić information content (AvgIpc) is 2.22. The maximum absolute atomic E-state index is 13.2. The molecule has 0 aliphatic heterocycles. The van der Waals surface area contributed by atoms with Gasteiger partial charge < -0.3 is 0 Å². The zero-order valence-corrected chi connectivity index (χ0v) is 10.5. The SMILES string of the molecule is C[Si](C)(C)/C=C/c1c(F)c(F)c(F)c(F)c1F. The summed E-state index contributed by atoms with van der Waals surface area (Å²) in [5.41, 5.74) is 0.620. The van der Waals surface area contributed by atoms with E-state index in [0.717, 1.165) is 6.08 Å². The van der Waals surface area contributed by atoms with E-state index in [1.165, 1.54) is 5.70 Å². The van der Waals surface area contributed by atoms with Crippen LogP contribution in [0.25, 0.3) is 6.08 Å². The second-order valence-electron chi connectivity index (χ2n) is 4.68. The lowest BCUT2D eigenvalue weighted by molar-refractivity contribution is 0.377. The summed E-state index contributed by atoms with van der Waals surface area (Å²) in [7, 11) is -1.79. The summed E-state index contributed by atoms with van der Waals surface area (Å²) >= 11 is 0. The van der Waals surface area contributed by atoms with Gasteiger partial charge in [-0.2, -0.15) is 0 Å². The Bertz CT molecular complexity index is 445. The van der Waals surface area contributed by atoms with Crippen LogP contribution >= 0.6 is 0 Å². The summed E-state index contributed by atoms with van der Waals surface area (Å²) in [6.07, 6.45) is 0.961. The summed E-state index contributed by atoms with van der Waals surface area (Å²) in [6, 6.07) is 0. The van der Waals surface area contributed by atoms with Crippen molar-refractivity contribution >= 4 is 14.1 Å². The largest absolute Gasteiger partial charge is 0.203 e. The molecule has 0 aliphatic carbocycles. The molecule has 1 aromatic carbocycles. The normalized spacial score (nSPS) is 12.5. The first-order valence-corrected chi connectivity index (χ1v) is 8.43. The molecule has 1 rings (SSSR count). The molecule has 0 bridgehead atoms. The Kier molecular flexibility index (Phi) is 3.76. The fraction of sp³-hybridized carbons (Fsp3) is 0.273. The first kappa shape index (κ1) is 13.9. The van der Waals surface area contributed by atoms with Crippen molar-refractivity contribution in [1.82, 2.24) is 0 Å². The van der Waals surface area contributed by atoms with Gasteiger partial charge in [-0.25, -0.2) is 22.0 Å². The monoisotopic (exact) mass is 266 g/mol. The third-order valence-electron chi connectivity index (χ3n) is 1.99. The van der Waals surface area contributed by atoms with Gasteiger partial charge in [-0.1, -0.05) is 31.4 Å². The highest BCUT2D eigenvalue weighted by molar-refractivity contribution is 6.81. The second kappa shape index (κ2) is 4.60. The van der Waals surface area contributed by atoms with Crippen molar-refractivity contribution in [3.05, 3.63) is 40.3 Å². The van der Waals surface area contributed by atoms with Crippen LogP contribution in [0.15, 0.2) is 5.70 Å². The predicted molar refractivity (Wildman–Crippen MR) is 58.6 cm³/mol. The van der Waals surface area contributed by atoms with Crippen molar-refractivity contribution < 1.29 is 22.0 Å². The average molecular weight is 266 g/mol. The number of halogens is 5. The van der Waals surface area contributed by atoms with Gasteiger partial charge in [0.05, 0.1) is 13.6 Å². The lowest BCUT2D eigenvalue weighted by Crippen LogP contribution is -2.15. The minimum atomic E-state index is -2.13. The third kappa shape index (κ3) is 2.94. The maximum atomic E-state index is 13.2. The molecule has 0 nitrogen and oxygen atoms in total. The minimum Gasteiger partial charge on any atom is -0.203 e. The van der Waals surface area contributed by atoms with Crippen LogP contribution in [0.5, 0.6) is 0 Å². The van der Waals surface area contributed by atoms with E-state index in [2.05, 4.69) is 0 Å². The Labute approximate surface area is 96.8 Å². The smallest absolute Gasteiger partial charge is 0.200 e. The van der Waals surface area contributed by atoms with Gasteiger partial charge >= 0.3 is 0 Å². The standard InChI is InChI=1S/C11H11F5Si/c1-17(2,3)5-4-6-7(12)9(14)11(16)10(15)8(6)13/h4-5H,1-3H3/b5-4+. The molecule has 0 saturated heterocycles. The van der Waals surface area contributed by atoms with Crippen LogP contribution in [-0.2, 0) is 0 Å². The van der Waals surface area contributed by atoms with Crippen molar-refractivity contribution in [3.63, 3.8) is 0 Å². The fourth-order valence-electron chi connectivity index (χ4n) is 1.10. The lowest BCUT2D eigenvalue weighted by atomic mass is 10.1. The van der Waals surface area contributed by atoms with Gasteiger partial charge in [0.25, 0.3) is 0 Å². The maximum Gasteiger partial charge on any atom is 0.200 e. The molecule has 1 aromatic rings. The zero-order valence-electron chi connectivity index (χ0n) is 9.54. The second-order valence-corrected chi connectivity index (χ2v) is 9.75. The molecule has 17 heavy (non-hydrogen) atoms. The van der Waals surface area contributed by atoms with Gasteiger partial charge in [0, 0.05) is 0 Å². The molecule has 0 N–H and O–H groups in total. The van der Waals surface area contributed by atoms with Crippen molar-refractivity contribution in [3.8, 4) is 0 Å². The molecule has 0 aliphatic rings. The quantitative estimate of drug-likeness (QED) is 0.324. The van der Waals surface area contributed by atoms with E-state index >= 15 is 0 Å². The van der Waals surface area contributed by atoms with E-state index in [-0.39, 0.29) is 0 Å². The van der Waals surface area contributed by atoms with Crippen molar-refractivity contribution in [1.29, 1.82) is 0 Å². The molecule has 0 spiro atoms. The van der Waals surface area contributed by atoms with Crippen LogP contribution in [0.3, 0.4) is 0 Å². The molecule has 0 saturated carbocycles. The van der Waals surface area contributed by atoms with Crippen LogP contribution in [-0.4, -0.2) is 8.07 Å². The Hall–Kier alpha value is -1.17. The number of benzene rings is 1. The minimum absolute atomic E-state index is 0.885. The van der Waals surface area contributed by atoms with Gasteiger partial charge in [0.1, 0.15) is 0 Å². The summed E-state index contributed by atoms with van der Waals surface area (Å²) in [5, 5.41) is 0. The summed E-state index contributed by atoms with van der Waals surface area (Å²) in [4.78, 5) is 0. The van der Waals surface area contributed by atoms with Crippen LogP contribution in [0.4, 0.5) is 22.0 Å². The number of rotatable bonds is 2. The van der Waals surface area contributed by atoms with E-state index in [4.69, 9.17) is 0 Å². The van der Waals surface area contributed by atoms with Crippen LogP contribution in [0, 0.1) is 29.1 Å². The Morgan fingerprint density at radius 3 is 1.41 bits per heavy atom. The molecule has 0 atom stereocenters. The molecule has 0 aromatic heterocycles. The Balaban J connectivity index is 3.40. The molecular weight excluding hydrogens is 255 g/mol. The third-order valence-corrected chi connectivity index (χ3v) is 3.16. The van der Waals surface area contributed by atoms with Crippen molar-refractivity contribution in [2.75, 3.05) is 0 Å². The number of hydrogen-bond acceptors (Lipinski definition) is 0. The van der Waals surface area contributed by atoms with E-state index in [1.807, 2.05) is 19.6 Å². The van der Waals surface area contributed by atoms with Gasteiger partial charge in [-0.3, -0.25) is 0 Å². The van der Waals surface area contributed by atoms with Gasteiger partial charge in [-0.15, -0.1) is 0 Å². The fourth-order valence-corrected chi connectivity index (χ4v) is 1.77. The number of hydrogen-bond donors (Lipinski definition) is 0.